The van der Waals surface area contributed by atoms with Gasteiger partial charge in [-0.15, -0.1) is 0 Å². The highest BCUT2D eigenvalue weighted by Crippen LogP contribution is 2.34. The Labute approximate surface area is 139 Å². The Morgan fingerprint density at radius 2 is 1.87 bits per heavy atom. The fourth-order valence-corrected chi connectivity index (χ4v) is 3.77. The Hall–Kier alpha value is -1.82. The van der Waals surface area contributed by atoms with E-state index in [0.717, 1.165) is 24.0 Å². The van der Waals surface area contributed by atoms with Gasteiger partial charge in [-0.2, -0.15) is 0 Å². The number of carbonyl (C=O) groups is 3. The Bertz CT molecular complexity index is 641. The molecule has 3 rings (SSSR count). The molecule has 0 spiro atoms. The zero-order valence-electron chi connectivity index (χ0n) is 12.7. The summed E-state index contributed by atoms with van der Waals surface area (Å²) < 4.78 is 0. The van der Waals surface area contributed by atoms with E-state index >= 15 is 0 Å². The van der Waals surface area contributed by atoms with Crippen molar-refractivity contribution in [2.45, 2.75) is 38.3 Å². The molecule has 0 radical (unpaired) electrons. The van der Waals surface area contributed by atoms with Crippen LogP contribution in [0.25, 0.3) is 0 Å². The van der Waals surface area contributed by atoms with Crippen molar-refractivity contribution in [3.05, 3.63) is 35.4 Å². The van der Waals surface area contributed by atoms with Crippen LogP contribution in [0, 0.1) is 5.92 Å². The van der Waals surface area contributed by atoms with Gasteiger partial charge in [-0.05, 0) is 24.0 Å². The number of amides is 1. The first-order chi connectivity index (χ1) is 11.1. The number of hydrogen-bond acceptors (Lipinski definition) is 4. The first-order valence-electron chi connectivity index (χ1n) is 7.82. The normalized spacial score (nSPS) is 20.0. The molecule has 1 aliphatic heterocycles. The highest BCUT2D eigenvalue weighted by atomic mass is 32.2. The molecule has 1 heterocycles. The minimum absolute atomic E-state index is 0.163. The number of benzene rings is 1. The van der Waals surface area contributed by atoms with Crippen LogP contribution in [0.4, 0.5) is 0 Å². The molecule has 1 atom stereocenters. The van der Waals surface area contributed by atoms with Gasteiger partial charge in [-0.3, -0.25) is 9.59 Å². The zero-order valence-corrected chi connectivity index (χ0v) is 13.6. The summed E-state index contributed by atoms with van der Waals surface area (Å²) in [6, 6.07) is 6.81. The Kier molecular flexibility index (Phi) is 4.71. The van der Waals surface area contributed by atoms with Gasteiger partial charge in [0.25, 0.3) is 0 Å². The van der Waals surface area contributed by atoms with E-state index < -0.39 is 12.0 Å². The van der Waals surface area contributed by atoms with Crippen LogP contribution in [-0.4, -0.2) is 38.8 Å². The molecule has 1 N–H and O–H groups in total. The molecule has 1 aromatic carbocycles. The van der Waals surface area contributed by atoms with Crippen molar-refractivity contribution in [1.82, 2.24) is 4.90 Å². The van der Waals surface area contributed by atoms with Crippen LogP contribution in [-0.2, 0) is 27.3 Å². The third-order valence-electron chi connectivity index (χ3n) is 4.32. The Balaban J connectivity index is 1.62. The Morgan fingerprint density at radius 3 is 2.52 bits per heavy atom. The van der Waals surface area contributed by atoms with Crippen molar-refractivity contribution in [3.63, 3.8) is 0 Å². The molecule has 1 fully saturated rings. The lowest BCUT2D eigenvalue weighted by Gasteiger charge is -2.34. The Morgan fingerprint density at radius 1 is 1.17 bits per heavy atom. The predicted molar refractivity (Wildman–Crippen MR) is 86.9 cm³/mol. The van der Waals surface area contributed by atoms with E-state index in [4.69, 9.17) is 0 Å². The molecule has 1 amide bonds. The van der Waals surface area contributed by atoms with Crippen LogP contribution >= 0.6 is 11.8 Å². The predicted octanol–water partition coefficient (Wildman–Crippen LogP) is 2.08. The van der Waals surface area contributed by atoms with Gasteiger partial charge in [-0.1, -0.05) is 36.0 Å². The van der Waals surface area contributed by atoms with Gasteiger partial charge in [0.2, 0.25) is 5.91 Å². The molecule has 5 nitrogen and oxygen atoms in total. The molecule has 23 heavy (non-hydrogen) atoms. The van der Waals surface area contributed by atoms with Crippen LogP contribution in [0.3, 0.4) is 0 Å². The monoisotopic (exact) mass is 333 g/mol. The van der Waals surface area contributed by atoms with Crippen molar-refractivity contribution in [3.8, 4) is 0 Å². The molecular weight excluding hydrogens is 314 g/mol. The third kappa shape index (κ3) is 3.75. The third-order valence-corrected chi connectivity index (χ3v) is 5.35. The van der Waals surface area contributed by atoms with E-state index in [1.54, 1.807) is 0 Å². The molecule has 0 saturated heterocycles. The summed E-state index contributed by atoms with van der Waals surface area (Å²) in [6.07, 6.45) is 2.47. The van der Waals surface area contributed by atoms with Gasteiger partial charge < -0.3 is 10.0 Å². The van der Waals surface area contributed by atoms with Crippen LogP contribution in [0.5, 0.6) is 0 Å². The molecule has 6 heteroatoms. The van der Waals surface area contributed by atoms with E-state index in [1.807, 2.05) is 24.3 Å². The molecule has 0 unspecified atom stereocenters. The summed E-state index contributed by atoms with van der Waals surface area (Å²) in [6.45, 7) is 0.327. The summed E-state index contributed by atoms with van der Waals surface area (Å²) in [5.74, 6) is -0.556. The maximum Gasteiger partial charge on any atom is 0.326 e. The van der Waals surface area contributed by atoms with E-state index in [0.29, 0.717) is 18.7 Å². The average molecular weight is 333 g/mol. The van der Waals surface area contributed by atoms with Gasteiger partial charge in [0.15, 0.2) is 5.12 Å². The van der Waals surface area contributed by atoms with Crippen molar-refractivity contribution in [2.24, 2.45) is 5.92 Å². The van der Waals surface area contributed by atoms with Crippen molar-refractivity contribution >= 4 is 28.8 Å². The smallest absolute Gasteiger partial charge is 0.326 e. The van der Waals surface area contributed by atoms with E-state index in [9.17, 15) is 19.5 Å². The zero-order chi connectivity index (χ0) is 16.4. The number of thioether (sulfide) groups is 1. The van der Waals surface area contributed by atoms with Gasteiger partial charge in [0.1, 0.15) is 6.04 Å². The molecular formula is C17H19NO4S. The number of rotatable bonds is 5. The topological polar surface area (TPSA) is 74.7 Å². The SMILES string of the molecule is O=C(SCCC(=O)N1Cc2ccccc2C[C@@H]1C(=O)O)C1CC1. The number of hydrogen-bond donors (Lipinski definition) is 1. The number of carboxylic acid groups (broad SMARTS) is 1. The van der Waals surface area contributed by atoms with Crippen LogP contribution in [0.15, 0.2) is 24.3 Å². The number of carboxylic acids is 1. The summed E-state index contributed by atoms with van der Waals surface area (Å²) in [7, 11) is 0. The maximum absolute atomic E-state index is 12.4. The second-order valence-corrected chi connectivity index (χ2v) is 7.14. The fourth-order valence-electron chi connectivity index (χ4n) is 2.83. The quantitative estimate of drug-likeness (QED) is 0.893. The minimum Gasteiger partial charge on any atom is -0.480 e. The molecule has 1 saturated carbocycles. The van der Waals surface area contributed by atoms with Crippen LogP contribution in [0.2, 0.25) is 0 Å². The van der Waals surface area contributed by atoms with Gasteiger partial charge >= 0.3 is 5.97 Å². The molecule has 122 valence electrons. The summed E-state index contributed by atoms with van der Waals surface area (Å²) in [5.41, 5.74) is 1.99. The second-order valence-electron chi connectivity index (χ2n) is 6.04. The number of carbonyl (C=O) groups excluding carboxylic acids is 2. The molecule has 0 aromatic heterocycles. The average Bonchev–Trinajstić information content (AvgIpc) is 3.38. The highest BCUT2D eigenvalue weighted by molar-refractivity contribution is 8.13. The van der Waals surface area contributed by atoms with Gasteiger partial charge in [0.05, 0.1) is 0 Å². The van der Waals surface area contributed by atoms with Crippen LogP contribution < -0.4 is 0 Å². The molecule has 0 bridgehead atoms. The fraction of sp³-hybridized carbons (Fsp3) is 0.471. The van der Waals surface area contributed by atoms with Gasteiger partial charge in [-0.25, -0.2) is 4.79 Å². The number of nitrogens with zero attached hydrogens (tertiary/aromatic N) is 1. The lowest BCUT2D eigenvalue weighted by Crippen LogP contribution is -2.48. The molecule has 1 aliphatic carbocycles. The largest absolute Gasteiger partial charge is 0.480 e. The van der Waals surface area contributed by atoms with Crippen LogP contribution in [0.1, 0.15) is 30.4 Å². The second kappa shape index (κ2) is 6.74. The van der Waals surface area contributed by atoms with Crippen molar-refractivity contribution in [2.75, 3.05) is 5.75 Å². The van der Waals surface area contributed by atoms with E-state index in [1.165, 1.54) is 16.7 Å². The van der Waals surface area contributed by atoms with E-state index in [-0.39, 0.29) is 23.4 Å². The minimum atomic E-state index is -0.977. The summed E-state index contributed by atoms with van der Waals surface area (Å²) in [4.78, 5) is 37.0. The first-order valence-corrected chi connectivity index (χ1v) is 8.80. The lowest BCUT2D eigenvalue weighted by atomic mass is 9.94. The molecule has 2 aliphatic rings. The summed E-state index contributed by atoms with van der Waals surface area (Å²) in [5, 5.41) is 9.59. The first kappa shape index (κ1) is 16.1. The lowest BCUT2D eigenvalue weighted by molar-refractivity contribution is -0.151. The standard InChI is InChI=1S/C17H19NO4S/c19-15(7-8-23-17(22)11-5-6-11)18-10-13-4-2-1-3-12(13)9-14(18)16(20)21/h1-4,11,14H,5-10H2,(H,20,21)/t14-/m1/s1. The maximum atomic E-state index is 12.4. The summed E-state index contributed by atoms with van der Waals surface area (Å²) >= 11 is 1.20. The van der Waals surface area contributed by atoms with E-state index in [2.05, 4.69) is 0 Å². The van der Waals surface area contributed by atoms with Crippen molar-refractivity contribution < 1.29 is 19.5 Å². The number of aliphatic carboxylic acids is 1. The molecule has 1 aromatic rings. The van der Waals surface area contributed by atoms with Crippen molar-refractivity contribution in [1.29, 1.82) is 0 Å². The highest BCUT2D eigenvalue weighted by Gasteiger charge is 2.34. The number of fused-ring (bicyclic) bond motifs is 1. The van der Waals surface area contributed by atoms with Gasteiger partial charge in [0, 0.05) is 31.1 Å².